The van der Waals surface area contributed by atoms with Crippen molar-refractivity contribution in [1.82, 2.24) is 19.6 Å². The SMILES string of the molecule is CC(C)n1nccc1C(=O)N1CC[C@@]2(CO)CCCN(C)[C@@H]2C1. The first-order valence-corrected chi connectivity index (χ1v) is 8.62. The Balaban J connectivity index is 1.80. The quantitative estimate of drug-likeness (QED) is 0.914. The molecule has 1 N–H and O–H groups in total. The molecule has 6 heteroatoms. The maximum atomic E-state index is 12.9. The molecule has 6 nitrogen and oxygen atoms in total. The molecule has 1 aromatic rings. The molecule has 1 aromatic heterocycles. The van der Waals surface area contributed by atoms with Crippen molar-refractivity contribution in [3.63, 3.8) is 0 Å². The van der Waals surface area contributed by atoms with E-state index in [4.69, 9.17) is 0 Å². The van der Waals surface area contributed by atoms with Crippen LogP contribution in [0, 0.1) is 5.41 Å². The first-order chi connectivity index (χ1) is 11.0. The van der Waals surface area contributed by atoms with E-state index >= 15 is 0 Å². The van der Waals surface area contributed by atoms with Crippen LogP contribution in [0.3, 0.4) is 0 Å². The molecule has 128 valence electrons. The van der Waals surface area contributed by atoms with E-state index in [1.54, 1.807) is 16.9 Å². The Hall–Kier alpha value is -1.40. The molecule has 2 aliphatic heterocycles. The third kappa shape index (κ3) is 2.78. The van der Waals surface area contributed by atoms with Crippen LogP contribution in [0.1, 0.15) is 49.6 Å². The van der Waals surface area contributed by atoms with Crippen molar-refractivity contribution in [3.8, 4) is 0 Å². The largest absolute Gasteiger partial charge is 0.396 e. The summed E-state index contributed by atoms with van der Waals surface area (Å²) in [4.78, 5) is 17.2. The first kappa shape index (κ1) is 16.5. The Morgan fingerprint density at radius 3 is 2.91 bits per heavy atom. The standard InChI is InChI=1S/C17H28N4O2/c1-13(2)21-14(5-8-18-21)16(23)20-10-7-17(12-22)6-4-9-19(3)15(17)11-20/h5,8,13,15,22H,4,6-7,9-12H2,1-3H3/t15-,17-/m1/s1. The maximum Gasteiger partial charge on any atom is 0.272 e. The number of aliphatic hydroxyl groups excluding tert-OH is 1. The molecular weight excluding hydrogens is 292 g/mol. The fourth-order valence-corrected chi connectivity index (χ4v) is 4.26. The molecule has 0 spiro atoms. The van der Waals surface area contributed by atoms with Crippen LogP contribution in [0.15, 0.2) is 12.3 Å². The number of piperidine rings is 2. The van der Waals surface area contributed by atoms with Crippen molar-refractivity contribution in [2.75, 3.05) is 33.3 Å². The third-order valence-electron chi connectivity index (χ3n) is 5.68. The molecule has 3 rings (SSSR count). The number of carbonyl (C=O) groups is 1. The Bertz CT molecular complexity index is 571. The molecule has 2 aliphatic rings. The van der Waals surface area contributed by atoms with Crippen LogP contribution in [0.25, 0.3) is 0 Å². The minimum Gasteiger partial charge on any atom is -0.396 e. The van der Waals surface area contributed by atoms with Crippen LogP contribution < -0.4 is 0 Å². The lowest BCUT2D eigenvalue weighted by molar-refractivity contribution is -0.0603. The van der Waals surface area contributed by atoms with Gasteiger partial charge in [-0.2, -0.15) is 5.10 Å². The van der Waals surface area contributed by atoms with Gasteiger partial charge in [0.1, 0.15) is 5.69 Å². The summed E-state index contributed by atoms with van der Waals surface area (Å²) in [7, 11) is 2.11. The Labute approximate surface area is 138 Å². The number of aromatic nitrogens is 2. The summed E-state index contributed by atoms with van der Waals surface area (Å²) < 4.78 is 1.79. The van der Waals surface area contributed by atoms with Crippen molar-refractivity contribution in [2.24, 2.45) is 5.41 Å². The molecule has 0 aromatic carbocycles. The van der Waals surface area contributed by atoms with Gasteiger partial charge in [-0.05, 0) is 52.8 Å². The fourth-order valence-electron chi connectivity index (χ4n) is 4.26. The molecule has 0 aliphatic carbocycles. The second kappa shape index (κ2) is 6.24. The van der Waals surface area contributed by atoms with Gasteiger partial charge in [0.2, 0.25) is 0 Å². The molecule has 2 saturated heterocycles. The topological polar surface area (TPSA) is 61.6 Å². The summed E-state index contributed by atoms with van der Waals surface area (Å²) in [5.74, 6) is 0.0571. The van der Waals surface area contributed by atoms with Crippen LogP contribution in [0.5, 0.6) is 0 Å². The molecule has 0 unspecified atom stereocenters. The Kier molecular flexibility index (Phi) is 4.47. The van der Waals surface area contributed by atoms with Gasteiger partial charge in [-0.3, -0.25) is 9.48 Å². The minimum atomic E-state index is -0.0396. The number of hydrogen-bond acceptors (Lipinski definition) is 4. The second-order valence-electron chi connectivity index (χ2n) is 7.38. The van der Waals surface area contributed by atoms with E-state index < -0.39 is 0 Å². The highest BCUT2D eigenvalue weighted by Crippen LogP contribution is 2.41. The average Bonchev–Trinajstić information content (AvgIpc) is 3.04. The number of nitrogens with zero attached hydrogens (tertiary/aromatic N) is 4. The zero-order valence-corrected chi connectivity index (χ0v) is 14.4. The van der Waals surface area contributed by atoms with E-state index in [0.29, 0.717) is 18.8 Å². The predicted molar refractivity (Wildman–Crippen MR) is 88.3 cm³/mol. The summed E-state index contributed by atoms with van der Waals surface area (Å²) in [6, 6.07) is 2.22. The summed E-state index contributed by atoms with van der Waals surface area (Å²) >= 11 is 0. The molecule has 1 amide bonds. The number of rotatable bonds is 3. The van der Waals surface area contributed by atoms with Crippen LogP contribution >= 0.6 is 0 Å². The lowest BCUT2D eigenvalue weighted by Crippen LogP contribution is -2.62. The maximum absolute atomic E-state index is 12.9. The number of carbonyl (C=O) groups excluding carboxylic acids is 1. The van der Waals surface area contributed by atoms with E-state index in [9.17, 15) is 9.90 Å². The number of amides is 1. The minimum absolute atomic E-state index is 0.0396. The van der Waals surface area contributed by atoms with E-state index in [1.165, 1.54) is 0 Å². The van der Waals surface area contributed by atoms with Crippen molar-refractivity contribution in [1.29, 1.82) is 0 Å². The van der Waals surface area contributed by atoms with Crippen LogP contribution in [0.4, 0.5) is 0 Å². The zero-order valence-electron chi connectivity index (χ0n) is 14.4. The van der Waals surface area contributed by atoms with E-state index in [2.05, 4.69) is 17.0 Å². The number of likely N-dealkylation sites (N-methyl/N-ethyl adjacent to an activating group) is 1. The van der Waals surface area contributed by atoms with E-state index in [1.807, 2.05) is 18.7 Å². The van der Waals surface area contributed by atoms with Gasteiger partial charge in [0.05, 0.1) is 6.61 Å². The molecule has 0 radical (unpaired) electrons. The van der Waals surface area contributed by atoms with Gasteiger partial charge < -0.3 is 14.9 Å². The molecule has 2 atom stereocenters. The normalized spacial score (nSPS) is 28.9. The predicted octanol–water partition coefficient (Wildman–Crippen LogP) is 1.38. The van der Waals surface area contributed by atoms with E-state index in [-0.39, 0.29) is 30.0 Å². The van der Waals surface area contributed by atoms with Crippen LogP contribution in [0.2, 0.25) is 0 Å². The molecule has 23 heavy (non-hydrogen) atoms. The summed E-state index contributed by atoms with van der Waals surface area (Å²) in [5, 5.41) is 14.3. The van der Waals surface area contributed by atoms with Gasteiger partial charge in [-0.15, -0.1) is 0 Å². The number of hydrogen-bond donors (Lipinski definition) is 1. The second-order valence-corrected chi connectivity index (χ2v) is 7.38. The average molecular weight is 320 g/mol. The fraction of sp³-hybridized carbons (Fsp3) is 0.765. The van der Waals surface area contributed by atoms with E-state index in [0.717, 1.165) is 25.8 Å². The third-order valence-corrected chi connectivity index (χ3v) is 5.68. The number of likely N-dealkylation sites (tertiary alicyclic amines) is 2. The first-order valence-electron chi connectivity index (χ1n) is 8.62. The molecule has 0 bridgehead atoms. The molecule has 2 fully saturated rings. The molecule has 0 saturated carbocycles. The molecule has 3 heterocycles. The number of fused-ring (bicyclic) bond motifs is 1. The summed E-state index contributed by atoms with van der Waals surface area (Å²) in [6.07, 6.45) is 4.76. The number of aliphatic hydroxyl groups is 1. The smallest absolute Gasteiger partial charge is 0.272 e. The van der Waals surface area contributed by atoms with Crippen LogP contribution in [-0.4, -0.2) is 69.9 Å². The van der Waals surface area contributed by atoms with Crippen molar-refractivity contribution < 1.29 is 9.90 Å². The van der Waals surface area contributed by atoms with Gasteiger partial charge in [0.15, 0.2) is 0 Å². The zero-order chi connectivity index (χ0) is 16.6. The highest BCUT2D eigenvalue weighted by molar-refractivity contribution is 5.92. The summed E-state index contributed by atoms with van der Waals surface area (Å²) in [5.41, 5.74) is 0.622. The van der Waals surface area contributed by atoms with Gasteiger partial charge >= 0.3 is 0 Å². The lowest BCUT2D eigenvalue weighted by atomic mass is 9.69. The monoisotopic (exact) mass is 320 g/mol. The van der Waals surface area contributed by atoms with Crippen molar-refractivity contribution in [2.45, 2.75) is 45.2 Å². The van der Waals surface area contributed by atoms with Crippen molar-refractivity contribution in [3.05, 3.63) is 18.0 Å². The lowest BCUT2D eigenvalue weighted by Gasteiger charge is -2.53. The highest BCUT2D eigenvalue weighted by Gasteiger charge is 2.47. The van der Waals surface area contributed by atoms with Crippen molar-refractivity contribution >= 4 is 5.91 Å². The van der Waals surface area contributed by atoms with Gasteiger partial charge in [-0.25, -0.2) is 0 Å². The summed E-state index contributed by atoms with van der Waals surface area (Å²) in [6.45, 7) is 6.73. The van der Waals surface area contributed by atoms with Gasteiger partial charge in [0.25, 0.3) is 5.91 Å². The highest BCUT2D eigenvalue weighted by atomic mass is 16.3. The Morgan fingerprint density at radius 1 is 1.43 bits per heavy atom. The van der Waals surface area contributed by atoms with Crippen LogP contribution in [-0.2, 0) is 0 Å². The van der Waals surface area contributed by atoms with Gasteiger partial charge in [-0.1, -0.05) is 0 Å². The Morgan fingerprint density at radius 2 is 2.22 bits per heavy atom. The van der Waals surface area contributed by atoms with Gasteiger partial charge in [0, 0.05) is 36.8 Å². The molecular formula is C17H28N4O2.